The number of carbonyl (C=O) groups is 1. The lowest BCUT2D eigenvalue weighted by molar-refractivity contribution is 0.101. The van der Waals surface area contributed by atoms with Crippen LogP contribution < -0.4 is 14.2 Å². The van der Waals surface area contributed by atoms with Crippen molar-refractivity contribution in [2.24, 2.45) is 0 Å². The molecular formula is C17H14O5. The van der Waals surface area contributed by atoms with Gasteiger partial charge in [0, 0.05) is 12.1 Å². The predicted molar refractivity (Wildman–Crippen MR) is 80.6 cm³/mol. The fourth-order valence-corrected chi connectivity index (χ4v) is 2.24. The minimum Gasteiger partial charge on any atom is -0.508 e. The van der Waals surface area contributed by atoms with Crippen LogP contribution in [0.2, 0.25) is 0 Å². The van der Waals surface area contributed by atoms with E-state index in [1.165, 1.54) is 12.1 Å². The Kier molecular flexibility index (Phi) is 3.47. The van der Waals surface area contributed by atoms with E-state index in [1.807, 2.05) is 0 Å². The summed E-state index contributed by atoms with van der Waals surface area (Å²) >= 11 is 0. The molecule has 0 radical (unpaired) electrons. The number of hydrogen-bond acceptors (Lipinski definition) is 5. The average molecular weight is 298 g/mol. The molecule has 1 heterocycles. The van der Waals surface area contributed by atoms with E-state index in [0.717, 1.165) is 5.56 Å². The number of phenolic OH excluding ortho intramolecular Hbond substituents is 1. The Morgan fingerprint density at radius 2 is 1.73 bits per heavy atom. The predicted octanol–water partition coefficient (Wildman–Crippen LogP) is 3.03. The molecule has 2 aromatic rings. The van der Waals surface area contributed by atoms with Crippen LogP contribution in [0.25, 0.3) is 6.08 Å². The first-order valence-electron chi connectivity index (χ1n) is 6.61. The van der Waals surface area contributed by atoms with Gasteiger partial charge < -0.3 is 19.3 Å². The van der Waals surface area contributed by atoms with E-state index in [1.54, 1.807) is 44.6 Å². The van der Waals surface area contributed by atoms with Crippen molar-refractivity contribution in [2.45, 2.75) is 0 Å². The molecule has 1 aliphatic rings. The first-order valence-corrected chi connectivity index (χ1v) is 6.61. The fraction of sp³-hybridized carbons (Fsp3) is 0.118. The number of phenols is 1. The number of fused-ring (bicyclic) bond motifs is 1. The minimum atomic E-state index is -0.225. The van der Waals surface area contributed by atoms with Gasteiger partial charge in [-0.1, -0.05) is 0 Å². The van der Waals surface area contributed by atoms with E-state index in [4.69, 9.17) is 14.2 Å². The van der Waals surface area contributed by atoms with Gasteiger partial charge in [0.05, 0.1) is 19.8 Å². The third-order valence-corrected chi connectivity index (χ3v) is 3.33. The van der Waals surface area contributed by atoms with Gasteiger partial charge in [0.2, 0.25) is 5.78 Å². The fourth-order valence-electron chi connectivity index (χ4n) is 2.24. The molecule has 0 saturated carbocycles. The van der Waals surface area contributed by atoms with E-state index in [0.29, 0.717) is 22.8 Å². The Balaban J connectivity index is 1.99. The van der Waals surface area contributed by atoms with Gasteiger partial charge in [-0.25, -0.2) is 0 Å². The van der Waals surface area contributed by atoms with Crippen molar-refractivity contribution in [3.8, 4) is 23.0 Å². The zero-order chi connectivity index (χ0) is 15.7. The van der Waals surface area contributed by atoms with Crippen LogP contribution in [0.15, 0.2) is 42.2 Å². The van der Waals surface area contributed by atoms with Crippen LogP contribution in [0.3, 0.4) is 0 Å². The average Bonchev–Trinajstić information content (AvgIpc) is 2.82. The van der Waals surface area contributed by atoms with Crippen molar-refractivity contribution in [2.75, 3.05) is 14.2 Å². The van der Waals surface area contributed by atoms with E-state index < -0.39 is 0 Å². The molecule has 1 aliphatic heterocycles. The first-order chi connectivity index (χ1) is 10.6. The largest absolute Gasteiger partial charge is 0.508 e. The second-order valence-electron chi connectivity index (χ2n) is 4.77. The molecule has 2 aromatic carbocycles. The zero-order valence-electron chi connectivity index (χ0n) is 12.1. The minimum absolute atomic E-state index is 0.0517. The highest BCUT2D eigenvalue weighted by Crippen LogP contribution is 2.35. The van der Waals surface area contributed by atoms with Crippen LogP contribution in [0.4, 0.5) is 0 Å². The highest BCUT2D eigenvalue weighted by molar-refractivity contribution is 6.14. The maximum Gasteiger partial charge on any atom is 0.231 e. The summed E-state index contributed by atoms with van der Waals surface area (Å²) in [7, 11) is 3.11. The molecule has 0 unspecified atom stereocenters. The topological polar surface area (TPSA) is 65.0 Å². The van der Waals surface area contributed by atoms with Crippen molar-refractivity contribution in [3.63, 3.8) is 0 Å². The molecule has 0 spiro atoms. The number of carbonyl (C=O) groups excluding carboxylic acids is 1. The molecule has 0 bridgehead atoms. The molecule has 0 aliphatic carbocycles. The third kappa shape index (κ3) is 2.48. The van der Waals surface area contributed by atoms with Crippen molar-refractivity contribution < 1.29 is 24.1 Å². The Hall–Kier alpha value is -2.95. The Labute approximate surface area is 127 Å². The Morgan fingerprint density at radius 3 is 2.36 bits per heavy atom. The van der Waals surface area contributed by atoms with Gasteiger partial charge >= 0.3 is 0 Å². The molecular weight excluding hydrogens is 284 g/mol. The van der Waals surface area contributed by atoms with Crippen molar-refractivity contribution in [1.29, 1.82) is 0 Å². The molecule has 0 fully saturated rings. The van der Waals surface area contributed by atoms with Gasteiger partial charge in [0.15, 0.2) is 5.76 Å². The zero-order valence-corrected chi connectivity index (χ0v) is 12.1. The lowest BCUT2D eigenvalue weighted by atomic mass is 10.1. The Morgan fingerprint density at radius 1 is 1.05 bits per heavy atom. The molecule has 5 nitrogen and oxygen atoms in total. The number of aromatic hydroxyl groups is 1. The smallest absolute Gasteiger partial charge is 0.231 e. The van der Waals surface area contributed by atoms with E-state index >= 15 is 0 Å². The lowest BCUT2D eigenvalue weighted by Gasteiger charge is -2.06. The molecule has 5 heteroatoms. The van der Waals surface area contributed by atoms with Gasteiger partial charge in [-0.15, -0.1) is 0 Å². The summed E-state index contributed by atoms with van der Waals surface area (Å²) < 4.78 is 15.9. The Bertz CT molecular complexity index is 754. The highest BCUT2D eigenvalue weighted by atomic mass is 16.5. The van der Waals surface area contributed by atoms with Gasteiger partial charge in [-0.05, 0) is 35.9 Å². The van der Waals surface area contributed by atoms with Crippen LogP contribution in [0, 0.1) is 0 Å². The normalized spacial score (nSPS) is 14.6. The number of ether oxygens (including phenoxy) is 3. The molecule has 1 N–H and O–H groups in total. The maximum absolute atomic E-state index is 12.3. The van der Waals surface area contributed by atoms with Gasteiger partial charge in [0.25, 0.3) is 0 Å². The second-order valence-corrected chi connectivity index (χ2v) is 4.77. The lowest BCUT2D eigenvalue weighted by Crippen LogP contribution is -1.98. The monoisotopic (exact) mass is 298 g/mol. The summed E-state index contributed by atoms with van der Waals surface area (Å²) in [5.41, 5.74) is 1.15. The van der Waals surface area contributed by atoms with Crippen molar-refractivity contribution >= 4 is 11.9 Å². The van der Waals surface area contributed by atoms with Gasteiger partial charge in [-0.2, -0.15) is 0 Å². The number of methoxy groups -OCH3 is 2. The summed E-state index contributed by atoms with van der Waals surface area (Å²) in [5.74, 6) is 1.60. The van der Waals surface area contributed by atoms with Crippen LogP contribution >= 0.6 is 0 Å². The van der Waals surface area contributed by atoms with Gasteiger partial charge in [-0.3, -0.25) is 4.79 Å². The van der Waals surface area contributed by atoms with Crippen LogP contribution in [0.5, 0.6) is 23.0 Å². The SMILES string of the molecule is COc1cc(/C=C2\Oc3cc(O)ccc3C2=O)cc(OC)c1. The number of Topliss-reactive ketones (excluding diaryl/α,β-unsaturated/α-hetero) is 1. The van der Waals surface area contributed by atoms with Crippen LogP contribution in [0.1, 0.15) is 15.9 Å². The van der Waals surface area contributed by atoms with E-state index in [9.17, 15) is 9.90 Å². The van der Waals surface area contributed by atoms with Crippen molar-refractivity contribution in [1.82, 2.24) is 0 Å². The van der Waals surface area contributed by atoms with Gasteiger partial charge in [0.1, 0.15) is 23.0 Å². The summed E-state index contributed by atoms with van der Waals surface area (Å²) in [6.45, 7) is 0. The summed E-state index contributed by atoms with van der Waals surface area (Å²) in [6.07, 6.45) is 1.62. The molecule has 112 valence electrons. The summed E-state index contributed by atoms with van der Waals surface area (Å²) in [5, 5.41) is 9.45. The molecule has 22 heavy (non-hydrogen) atoms. The molecule has 0 aromatic heterocycles. The van der Waals surface area contributed by atoms with E-state index in [-0.39, 0.29) is 17.3 Å². The molecule has 0 atom stereocenters. The number of hydrogen-bond donors (Lipinski definition) is 1. The van der Waals surface area contributed by atoms with Crippen molar-refractivity contribution in [3.05, 3.63) is 53.3 Å². The number of rotatable bonds is 3. The summed E-state index contributed by atoms with van der Waals surface area (Å²) in [6, 6.07) is 9.70. The number of ketones is 1. The standard InChI is InChI=1S/C17H14O5/c1-20-12-5-10(6-13(9-12)21-2)7-16-17(19)14-4-3-11(18)8-15(14)22-16/h3-9,18H,1-2H3/b16-7-. The van der Waals surface area contributed by atoms with Crippen LogP contribution in [-0.4, -0.2) is 25.1 Å². The number of benzene rings is 2. The quantitative estimate of drug-likeness (QED) is 0.882. The van der Waals surface area contributed by atoms with E-state index in [2.05, 4.69) is 0 Å². The molecule has 0 amide bonds. The molecule has 3 rings (SSSR count). The third-order valence-electron chi connectivity index (χ3n) is 3.33. The second kappa shape index (κ2) is 5.44. The first kappa shape index (κ1) is 14.0. The molecule has 0 saturated heterocycles. The van der Waals surface area contributed by atoms with Crippen LogP contribution in [-0.2, 0) is 0 Å². The highest BCUT2D eigenvalue weighted by Gasteiger charge is 2.27. The number of allylic oxidation sites excluding steroid dienone is 1. The summed E-state index contributed by atoms with van der Waals surface area (Å²) in [4.78, 5) is 12.3. The maximum atomic E-state index is 12.3.